The van der Waals surface area contributed by atoms with Gasteiger partial charge in [0, 0.05) is 12.7 Å². The van der Waals surface area contributed by atoms with Crippen molar-refractivity contribution in [1.29, 1.82) is 0 Å². The van der Waals surface area contributed by atoms with Crippen LogP contribution in [0.4, 0.5) is 9.52 Å². The molecule has 2 aromatic carbocycles. The van der Waals surface area contributed by atoms with Crippen LogP contribution in [0, 0.1) is 5.82 Å². The van der Waals surface area contributed by atoms with Gasteiger partial charge < -0.3 is 9.47 Å². The van der Waals surface area contributed by atoms with Crippen LogP contribution in [-0.2, 0) is 21.4 Å². The molecule has 1 fully saturated rings. The molecule has 1 amide bonds. The van der Waals surface area contributed by atoms with Gasteiger partial charge in [0.15, 0.2) is 5.13 Å². The lowest BCUT2D eigenvalue weighted by Gasteiger charge is -2.28. The summed E-state index contributed by atoms with van der Waals surface area (Å²) in [6, 6.07) is 12.5. The van der Waals surface area contributed by atoms with Gasteiger partial charge in [-0.05, 0) is 61.4 Å². The van der Waals surface area contributed by atoms with Crippen LogP contribution in [0.2, 0.25) is 0 Å². The molecule has 1 saturated heterocycles. The fourth-order valence-corrected chi connectivity index (χ4v) is 7.21. The van der Waals surface area contributed by atoms with Crippen molar-refractivity contribution in [2.24, 2.45) is 0 Å². The Hall–Kier alpha value is -3.61. The van der Waals surface area contributed by atoms with E-state index in [9.17, 15) is 17.6 Å². The van der Waals surface area contributed by atoms with E-state index in [1.807, 2.05) is 6.07 Å². The Morgan fingerprint density at radius 3 is 2.53 bits per heavy atom. The summed E-state index contributed by atoms with van der Waals surface area (Å²) in [5.41, 5.74) is 1.15. The molecule has 9 nitrogen and oxygen atoms in total. The van der Waals surface area contributed by atoms with Gasteiger partial charge in [0.05, 0.1) is 31.4 Å². The minimum atomic E-state index is -4.04. The summed E-state index contributed by atoms with van der Waals surface area (Å²) in [5.74, 6) is 0.142. The molecule has 1 aliphatic heterocycles. The van der Waals surface area contributed by atoms with Crippen molar-refractivity contribution < 1.29 is 27.1 Å². The zero-order chi connectivity index (χ0) is 26.9. The molecule has 0 aliphatic carbocycles. The zero-order valence-corrected chi connectivity index (χ0v) is 22.3. The van der Waals surface area contributed by atoms with Gasteiger partial charge in [-0.2, -0.15) is 4.31 Å². The number of aromatic nitrogens is 2. The molecule has 4 aromatic rings. The minimum Gasteiger partial charge on any atom is -0.495 e. The lowest BCUT2D eigenvalue weighted by Crippen LogP contribution is -2.47. The summed E-state index contributed by atoms with van der Waals surface area (Å²) in [6.07, 6.45) is 2.48. The van der Waals surface area contributed by atoms with Crippen molar-refractivity contribution >= 4 is 42.6 Å². The third-order valence-electron chi connectivity index (χ3n) is 6.35. The molecule has 0 radical (unpaired) electrons. The maximum Gasteiger partial charge on any atom is 0.247 e. The van der Waals surface area contributed by atoms with E-state index in [4.69, 9.17) is 14.5 Å². The van der Waals surface area contributed by atoms with E-state index in [0.29, 0.717) is 45.4 Å². The van der Waals surface area contributed by atoms with Gasteiger partial charge in [-0.25, -0.2) is 17.8 Å². The first kappa shape index (κ1) is 26.0. The van der Waals surface area contributed by atoms with Crippen LogP contribution in [0.5, 0.6) is 11.5 Å². The topological polar surface area (TPSA) is 102 Å². The third kappa shape index (κ3) is 4.82. The highest BCUT2D eigenvalue weighted by Gasteiger charge is 2.42. The summed E-state index contributed by atoms with van der Waals surface area (Å²) >= 11 is 1.25. The van der Waals surface area contributed by atoms with Crippen molar-refractivity contribution in [3.63, 3.8) is 0 Å². The second-order valence-electron chi connectivity index (χ2n) is 8.62. The monoisotopic (exact) mass is 556 g/mol. The lowest BCUT2D eigenvalue weighted by molar-refractivity contribution is -0.121. The van der Waals surface area contributed by atoms with E-state index < -0.39 is 27.8 Å². The number of rotatable bonds is 8. The number of hydrogen-bond donors (Lipinski definition) is 0. The molecule has 0 N–H and O–H groups in total. The smallest absolute Gasteiger partial charge is 0.247 e. The maximum absolute atomic E-state index is 14.1. The molecule has 5 rings (SSSR count). The summed E-state index contributed by atoms with van der Waals surface area (Å²) in [4.78, 5) is 24.6. The summed E-state index contributed by atoms with van der Waals surface area (Å²) in [5, 5.41) is 0.365. The second-order valence-corrected chi connectivity index (χ2v) is 11.5. The van der Waals surface area contributed by atoms with Crippen molar-refractivity contribution in [1.82, 2.24) is 14.3 Å². The molecule has 3 heterocycles. The average Bonchev–Trinajstić information content (AvgIpc) is 3.60. The van der Waals surface area contributed by atoms with Gasteiger partial charge in [-0.15, -0.1) is 0 Å². The molecule has 0 saturated carbocycles. The van der Waals surface area contributed by atoms with Gasteiger partial charge in [-0.1, -0.05) is 17.4 Å². The number of hydrogen-bond acceptors (Lipinski definition) is 8. The standard InChI is InChI=1S/C26H25FN4O5S2/c1-35-21-12-13-22(36-2)24-23(21)29-26(37-24)30(16-18-6-3-4-14-28-18)25(32)20-7-5-15-31(20)38(33,34)19-10-8-17(27)9-11-19/h3-4,6,8-14,20H,5,7,15-16H2,1-2H3. The number of ether oxygens (including phenoxy) is 2. The molecule has 1 aliphatic rings. The molecule has 1 unspecified atom stereocenters. The second kappa shape index (κ2) is 10.6. The largest absolute Gasteiger partial charge is 0.495 e. The number of methoxy groups -OCH3 is 2. The van der Waals surface area contributed by atoms with Crippen molar-refractivity contribution in [2.45, 2.75) is 30.3 Å². The Morgan fingerprint density at radius 1 is 1.11 bits per heavy atom. The number of nitrogens with zero attached hydrogens (tertiary/aromatic N) is 4. The molecule has 0 bridgehead atoms. The highest BCUT2D eigenvalue weighted by Crippen LogP contribution is 2.41. The van der Waals surface area contributed by atoms with E-state index in [1.165, 1.54) is 39.8 Å². The molecular weight excluding hydrogens is 531 g/mol. The van der Waals surface area contributed by atoms with Gasteiger partial charge >= 0.3 is 0 Å². The Kier molecular flexibility index (Phi) is 7.28. The number of benzene rings is 2. The first-order chi connectivity index (χ1) is 18.3. The van der Waals surface area contributed by atoms with Crippen LogP contribution in [0.1, 0.15) is 18.5 Å². The molecule has 198 valence electrons. The minimum absolute atomic E-state index is 0.0654. The van der Waals surface area contributed by atoms with E-state index in [2.05, 4.69) is 4.98 Å². The number of halogens is 1. The molecule has 12 heteroatoms. The molecule has 1 atom stereocenters. The van der Waals surface area contributed by atoms with E-state index in [0.717, 1.165) is 12.1 Å². The predicted molar refractivity (Wildman–Crippen MR) is 141 cm³/mol. The van der Waals surface area contributed by atoms with Gasteiger partial charge in [-0.3, -0.25) is 14.7 Å². The Bertz CT molecular complexity index is 1520. The number of thiazole rings is 1. The van der Waals surface area contributed by atoms with Crippen LogP contribution >= 0.6 is 11.3 Å². The highest BCUT2D eigenvalue weighted by atomic mass is 32.2. The van der Waals surface area contributed by atoms with Crippen molar-refractivity contribution in [3.8, 4) is 11.5 Å². The number of carbonyl (C=O) groups excluding carboxylic acids is 1. The zero-order valence-electron chi connectivity index (χ0n) is 20.7. The Balaban J connectivity index is 1.56. The fourth-order valence-electron chi connectivity index (χ4n) is 4.48. The van der Waals surface area contributed by atoms with Crippen LogP contribution in [0.15, 0.2) is 65.7 Å². The lowest BCUT2D eigenvalue weighted by atomic mass is 10.2. The summed E-state index contributed by atoms with van der Waals surface area (Å²) < 4.78 is 53.2. The molecule has 0 spiro atoms. The first-order valence-corrected chi connectivity index (χ1v) is 14.1. The predicted octanol–water partition coefficient (Wildman–Crippen LogP) is 4.23. The number of anilines is 1. The van der Waals surface area contributed by atoms with Gasteiger partial charge in [0.2, 0.25) is 15.9 Å². The van der Waals surface area contributed by atoms with Crippen molar-refractivity contribution in [2.75, 3.05) is 25.7 Å². The third-order valence-corrected chi connectivity index (χ3v) is 9.37. The summed E-state index contributed by atoms with van der Waals surface area (Å²) in [7, 11) is -0.952. The van der Waals surface area contributed by atoms with Crippen LogP contribution in [-0.4, -0.2) is 55.4 Å². The molecule has 2 aromatic heterocycles. The Labute approximate surface area is 223 Å². The van der Waals surface area contributed by atoms with E-state index >= 15 is 0 Å². The SMILES string of the molecule is COc1ccc(OC)c2sc(N(Cc3ccccn3)C(=O)C3CCCN3S(=O)(=O)c3ccc(F)cc3)nc12. The maximum atomic E-state index is 14.1. The quantitative estimate of drug-likeness (QED) is 0.320. The molecular formula is C26H25FN4O5S2. The van der Waals surface area contributed by atoms with Crippen LogP contribution in [0.3, 0.4) is 0 Å². The first-order valence-electron chi connectivity index (χ1n) is 11.8. The fraction of sp³-hybridized carbons (Fsp3) is 0.269. The van der Waals surface area contributed by atoms with E-state index in [1.54, 1.807) is 37.6 Å². The number of fused-ring (bicyclic) bond motifs is 1. The van der Waals surface area contributed by atoms with E-state index in [-0.39, 0.29) is 18.0 Å². The van der Waals surface area contributed by atoms with Crippen LogP contribution in [0.25, 0.3) is 10.2 Å². The highest BCUT2D eigenvalue weighted by molar-refractivity contribution is 7.89. The number of carbonyl (C=O) groups is 1. The number of pyridine rings is 1. The normalized spacial score (nSPS) is 16.0. The number of sulfonamides is 1. The number of amides is 1. The van der Waals surface area contributed by atoms with Crippen molar-refractivity contribution in [3.05, 3.63) is 72.3 Å². The average molecular weight is 557 g/mol. The van der Waals surface area contributed by atoms with Gasteiger partial charge in [0.25, 0.3) is 0 Å². The van der Waals surface area contributed by atoms with Crippen LogP contribution < -0.4 is 14.4 Å². The van der Waals surface area contributed by atoms with Gasteiger partial charge in [0.1, 0.15) is 33.6 Å². The summed E-state index contributed by atoms with van der Waals surface area (Å²) in [6.45, 7) is 0.264. The molecule has 38 heavy (non-hydrogen) atoms. The Morgan fingerprint density at radius 2 is 1.84 bits per heavy atom.